The van der Waals surface area contributed by atoms with Gasteiger partial charge >= 0.3 is 6.11 Å². The second-order valence-corrected chi connectivity index (χ2v) is 7.06. The summed E-state index contributed by atoms with van der Waals surface area (Å²) in [6.45, 7) is 2.06. The molecule has 1 saturated carbocycles. The number of hydrogen-bond donors (Lipinski definition) is 0. The molecule has 1 amide bonds. The summed E-state index contributed by atoms with van der Waals surface area (Å²) < 4.78 is 30.4. The largest absolute Gasteiger partial charge is 0.433 e. The molecule has 2 aliphatic heterocycles. The molecule has 0 radical (unpaired) electrons. The third-order valence-electron chi connectivity index (χ3n) is 4.84. The van der Waals surface area contributed by atoms with Gasteiger partial charge in [0, 0.05) is 37.4 Å². The first kappa shape index (κ1) is 16.9. The van der Waals surface area contributed by atoms with Gasteiger partial charge in [-0.1, -0.05) is 31.1 Å². The molecule has 0 spiro atoms. The van der Waals surface area contributed by atoms with Gasteiger partial charge in [-0.2, -0.15) is 8.78 Å². The number of ether oxygens (including phenoxy) is 1. The molecule has 1 aliphatic carbocycles. The van der Waals surface area contributed by atoms with Gasteiger partial charge in [-0.3, -0.25) is 4.79 Å². The van der Waals surface area contributed by atoms with Crippen molar-refractivity contribution in [1.82, 2.24) is 4.90 Å². The summed E-state index contributed by atoms with van der Waals surface area (Å²) in [6, 6.07) is 6.41. The van der Waals surface area contributed by atoms with Gasteiger partial charge in [0.05, 0.1) is 0 Å². The van der Waals surface area contributed by atoms with Gasteiger partial charge in [-0.05, 0) is 30.0 Å². The zero-order valence-electron chi connectivity index (χ0n) is 14.5. The Morgan fingerprint density at radius 2 is 1.96 bits per heavy atom. The van der Waals surface area contributed by atoms with Crippen LogP contribution in [-0.4, -0.2) is 35.7 Å². The average Bonchev–Trinajstić information content (AvgIpc) is 3.31. The topological polar surface area (TPSA) is 41.9 Å². The van der Waals surface area contributed by atoms with Crippen molar-refractivity contribution < 1.29 is 18.3 Å². The summed E-state index contributed by atoms with van der Waals surface area (Å²) in [4.78, 5) is 18.8. The van der Waals surface area contributed by atoms with E-state index in [9.17, 15) is 13.6 Å². The van der Waals surface area contributed by atoms with Gasteiger partial charge < -0.3 is 9.64 Å². The molecule has 0 atom stereocenters. The fourth-order valence-corrected chi connectivity index (χ4v) is 3.28. The van der Waals surface area contributed by atoms with Gasteiger partial charge in [0.25, 0.3) is 5.91 Å². The monoisotopic (exact) mass is 358 g/mol. The second kappa shape index (κ2) is 6.34. The molecule has 0 N–H and O–H groups in total. The van der Waals surface area contributed by atoms with E-state index in [0.29, 0.717) is 19.2 Å². The van der Waals surface area contributed by atoms with Crippen LogP contribution < -0.4 is 4.74 Å². The first-order valence-corrected chi connectivity index (χ1v) is 8.86. The number of hydrogen-bond acceptors (Lipinski definition) is 3. The van der Waals surface area contributed by atoms with Crippen molar-refractivity contribution in [3.63, 3.8) is 0 Å². The van der Waals surface area contributed by atoms with Crippen molar-refractivity contribution in [2.75, 3.05) is 13.1 Å². The number of halogens is 2. The minimum Gasteiger partial charge on any atom is -0.433 e. The summed E-state index contributed by atoms with van der Waals surface area (Å²) in [5.74, 6) is 0.851. The lowest BCUT2D eigenvalue weighted by Gasteiger charge is -2.26. The van der Waals surface area contributed by atoms with E-state index in [1.807, 2.05) is 11.0 Å². The van der Waals surface area contributed by atoms with Crippen LogP contribution in [0.5, 0.6) is 5.75 Å². The van der Waals surface area contributed by atoms with Gasteiger partial charge in [0.15, 0.2) is 0 Å². The second-order valence-electron chi connectivity index (χ2n) is 7.06. The number of aliphatic imine (C=N–C) groups is 1. The number of rotatable bonds is 6. The molecule has 26 heavy (non-hydrogen) atoms. The predicted octanol–water partition coefficient (Wildman–Crippen LogP) is 4.04. The van der Waals surface area contributed by atoms with Crippen molar-refractivity contribution in [1.29, 1.82) is 0 Å². The number of amides is 1. The Morgan fingerprint density at radius 3 is 2.62 bits per heavy atom. The number of benzene rings is 1. The van der Waals surface area contributed by atoms with Crippen molar-refractivity contribution in [2.24, 2.45) is 10.9 Å². The van der Waals surface area contributed by atoms with E-state index in [4.69, 9.17) is 0 Å². The minimum absolute atomic E-state index is 0.0278. The highest BCUT2D eigenvalue weighted by atomic mass is 19.3. The van der Waals surface area contributed by atoms with Crippen LogP contribution in [0.2, 0.25) is 0 Å². The SMILES string of the molecule is CC(F)(F)Oc1ccc(C2=CN=C3C(=O)N(CCC4CC4)CC=C23)cc1. The zero-order valence-corrected chi connectivity index (χ0v) is 14.5. The molecule has 136 valence electrons. The van der Waals surface area contributed by atoms with E-state index in [-0.39, 0.29) is 11.7 Å². The van der Waals surface area contributed by atoms with Crippen molar-refractivity contribution >= 4 is 17.2 Å². The quantitative estimate of drug-likeness (QED) is 0.770. The summed E-state index contributed by atoms with van der Waals surface area (Å²) in [5.41, 5.74) is 2.96. The summed E-state index contributed by atoms with van der Waals surface area (Å²) >= 11 is 0. The summed E-state index contributed by atoms with van der Waals surface area (Å²) in [6.07, 6.45) is 4.10. The lowest BCUT2D eigenvalue weighted by molar-refractivity contribution is -0.158. The Morgan fingerprint density at radius 1 is 1.23 bits per heavy atom. The van der Waals surface area contributed by atoms with Gasteiger partial charge in [0.1, 0.15) is 11.5 Å². The van der Waals surface area contributed by atoms with E-state index in [0.717, 1.165) is 35.6 Å². The Balaban J connectivity index is 1.47. The lowest BCUT2D eigenvalue weighted by atomic mass is 9.94. The lowest BCUT2D eigenvalue weighted by Crippen LogP contribution is -2.41. The minimum atomic E-state index is -3.22. The molecule has 0 aromatic heterocycles. The molecular weight excluding hydrogens is 338 g/mol. The van der Waals surface area contributed by atoms with Crippen LogP contribution in [0.25, 0.3) is 5.57 Å². The van der Waals surface area contributed by atoms with Crippen LogP contribution in [0.3, 0.4) is 0 Å². The Labute approximate surface area is 150 Å². The first-order valence-electron chi connectivity index (χ1n) is 8.86. The molecule has 1 fully saturated rings. The van der Waals surface area contributed by atoms with Crippen molar-refractivity contribution in [2.45, 2.75) is 32.3 Å². The van der Waals surface area contributed by atoms with Crippen LogP contribution in [0.1, 0.15) is 31.7 Å². The fraction of sp³-hybridized carbons (Fsp3) is 0.400. The Kier molecular flexibility index (Phi) is 4.13. The Bertz CT molecular complexity index is 815. The third kappa shape index (κ3) is 3.54. The highest BCUT2D eigenvalue weighted by Crippen LogP contribution is 2.35. The van der Waals surface area contributed by atoms with E-state index in [1.165, 1.54) is 25.0 Å². The normalized spacial score (nSPS) is 19.7. The van der Waals surface area contributed by atoms with Crippen molar-refractivity contribution in [3.8, 4) is 5.75 Å². The summed E-state index contributed by atoms with van der Waals surface area (Å²) in [7, 11) is 0. The first-order chi connectivity index (χ1) is 12.4. The molecular formula is C20H20F2N2O2. The maximum Gasteiger partial charge on any atom is 0.394 e. The van der Waals surface area contributed by atoms with E-state index < -0.39 is 6.11 Å². The number of fused-ring (bicyclic) bond motifs is 1. The van der Waals surface area contributed by atoms with Crippen molar-refractivity contribution in [3.05, 3.63) is 47.7 Å². The number of allylic oxidation sites excluding steroid dienone is 1. The van der Waals surface area contributed by atoms with E-state index >= 15 is 0 Å². The Hall–Kier alpha value is -2.50. The van der Waals surface area contributed by atoms with Crippen LogP contribution >= 0.6 is 0 Å². The molecule has 4 rings (SSSR count). The number of carbonyl (C=O) groups excluding carboxylic acids is 1. The van der Waals surface area contributed by atoms with E-state index in [2.05, 4.69) is 9.73 Å². The maximum absolute atomic E-state index is 12.9. The van der Waals surface area contributed by atoms with Crippen LogP contribution in [0.4, 0.5) is 8.78 Å². The van der Waals surface area contributed by atoms with Crippen LogP contribution in [-0.2, 0) is 4.79 Å². The molecule has 2 heterocycles. The molecule has 0 unspecified atom stereocenters. The fourth-order valence-electron chi connectivity index (χ4n) is 3.28. The summed E-state index contributed by atoms with van der Waals surface area (Å²) in [5, 5.41) is 0. The molecule has 3 aliphatic rings. The molecule has 6 heteroatoms. The highest BCUT2D eigenvalue weighted by molar-refractivity contribution is 6.50. The molecule has 1 aromatic rings. The third-order valence-corrected chi connectivity index (χ3v) is 4.84. The maximum atomic E-state index is 12.9. The molecule has 4 nitrogen and oxygen atoms in total. The predicted molar refractivity (Wildman–Crippen MR) is 95.1 cm³/mol. The van der Waals surface area contributed by atoms with E-state index in [1.54, 1.807) is 18.3 Å². The van der Waals surface area contributed by atoms with Crippen LogP contribution in [0, 0.1) is 5.92 Å². The number of alkyl halides is 2. The standard InChI is InChI=1S/C20H20F2N2O2/c1-20(21,22)26-15-6-4-14(5-7-15)17-12-23-18-16(17)9-11-24(19(18)25)10-8-13-2-3-13/h4-7,9,12-13H,2-3,8,10-11H2,1H3. The van der Waals surface area contributed by atoms with Gasteiger partial charge in [-0.15, -0.1) is 0 Å². The molecule has 1 aromatic carbocycles. The smallest absolute Gasteiger partial charge is 0.394 e. The highest BCUT2D eigenvalue weighted by Gasteiger charge is 2.33. The molecule has 0 saturated heterocycles. The zero-order chi connectivity index (χ0) is 18.3. The van der Waals surface area contributed by atoms with Gasteiger partial charge in [0.2, 0.25) is 0 Å². The number of nitrogens with zero attached hydrogens (tertiary/aromatic N) is 2. The number of carbonyl (C=O) groups is 1. The molecule has 0 bridgehead atoms. The van der Waals surface area contributed by atoms with Crippen LogP contribution in [0.15, 0.2) is 47.1 Å². The average molecular weight is 358 g/mol. The van der Waals surface area contributed by atoms with Gasteiger partial charge in [-0.25, -0.2) is 4.99 Å².